The second kappa shape index (κ2) is 14.2. The van der Waals surface area contributed by atoms with Crippen LogP contribution >= 0.6 is 0 Å². The van der Waals surface area contributed by atoms with Crippen LogP contribution in [0.2, 0.25) is 0 Å². The summed E-state index contributed by atoms with van der Waals surface area (Å²) in [5.74, 6) is -0.776. The first kappa shape index (κ1) is 29.5. The summed E-state index contributed by atoms with van der Waals surface area (Å²) in [5.41, 5.74) is 2.64. The van der Waals surface area contributed by atoms with Crippen LogP contribution in [0.1, 0.15) is 19.0 Å². The number of benzene rings is 1. The van der Waals surface area contributed by atoms with Crippen LogP contribution < -0.4 is 4.74 Å². The fraction of sp³-hybridized carbons (Fsp3) is 0.481. The lowest BCUT2D eigenvalue weighted by atomic mass is 10.1. The normalized spacial score (nSPS) is 19.6. The number of hydrogen-bond donors (Lipinski definition) is 2. The van der Waals surface area contributed by atoms with Crippen molar-refractivity contribution in [1.82, 2.24) is 24.8 Å². The van der Waals surface area contributed by atoms with E-state index >= 15 is 0 Å². The van der Waals surface area contributed by atoms with Gasteiger partial charge in [0, 0.05) is 24.2 Å². The van der Waals surface area contributed by atoms with E-state index in [4.69, 9.17) is 33.8 Å². The van der Waals surface area contributed by atoms with Crippen molar-refractivity contribution in [2.75, 3.05) is 60.5 Å². The summed E-state index contributed by atoms with van der Waals surface area (Å²) in [6.07, 6.45) is 1.04. The lowest BCUT2D eigenvalue weighted by Gasteiger charge is -2.25. The number of aliphatic carboxylic acids is 1. The third kappa shape index (κ3) is 8.26. The summed E-state index contributed by atoms with van der Waals surface area (Å²) in [4.78, 5) is 28.9. The largest absolute Gasteiger partial charge is 0.481 e. The quantitative estimate of drug-likeness (QED) is 0.421. The molecule has 0 spiro atoms. The van der Waals surface area contributed by atoms with Crippen LogP contribution in [-0.2, 0) is 23.7 Å². The van der Waals surface area contributed by atoms with Crippen molar-refractivity contribution in [3.05, 3.63) is 48.2 Å². The van der Waals surface area contributed by atoms with Gasteiger partial charge in [-0.15, -0.1) is 0 Å². The number of rotatable bonds is 8. The number of imidazole rings is 1. The first-order valence-corrected chi connectivity index (χ1v) is 12.9. The Morgan fingerprint density at radius 2 is 1.80 bits per heavy atom. The highest BCUT2D eigenvalue weighted by Crippen LogP contribution is 2.33. The maximum atomic E-state index is 13.5. The minimum absolute atomic E-state index is 0.226. The molecule has 216 valence electrons. The van der Waals surface area contributed by atoms with Crippen LogP contribution in [0.15, 0.2) is 36.5 Å². The SMILES string of the molecule is CC1COC(c2nc(-c3ccc(F)cc3)c(-c3ccnc(OCCN(C)C)n3)[nH]2)OC1.O=C(O)C1COCOC1. The summed E-state index contributed by atoms with van der Waals surface area (Å²) in [5, 5.41) is 8.38. The minimum atomic E-state index is -0.852. The highest BCUT2D eigenvalue weighted by molar-refractivity contribution is 5.76. The Kier molecular flexibility index (Phi) is 10.5. The van der Waals surface area contributed by atoms with Crippen molar-refractivity contribution in [2.45, 2.75) is 13.2 Å². The Morgan fingerprint density at radius 1 is 1.10 bits per heavy atom. The lowest BCUT2D eigenvalue weighted by Crippen LogP contribution is -2.30. The van der Waals surface area contributed by atoms with E-state index in [2.05, 4.69) is 21.9 Å². The molecule has 1 aromatic carbocycles. The summed E-state index contributed by atoms with van der Waals surface area (Å²) >= 11 is 0. The standard InChI is InChI=1S/C22H26FN5O3.C5H8O4/c1-14-12-30-21(31-13-14)20-26-18(15-4-6-16(23)7-5-15)19(27-20)17-8-9-24-22(25-17)29-11-10-28(2)3;6-5(7)4-1-8-3-9-2-4/h4-9,14,21H,10-13H2,1-3H3,(H,26,27);4H,1-3H2,(H,6,7). The Balaban J connectivity index is 0.000000350. The molecular weight excluding hydrogens is 525 g/mol. The fourth-order valence-electron chi connectivity index (χ4n) is 3.76. The predicted molar refractivity (Wildman–Crippen MR) is 141 cm³/mol. The monoisotopic (exact) mass is 559 g/mol. The maximum absolute atomic E-state index is 13.5. The molecule has 0 radical (unpaired) electrons. The van der Waals surface area contributed by atoms with Gasteiger partial charge >= 0.3 is 12.0 Å². The molecule has 12 nitrogen and oxygen atoms in total. The number of aromatic amines is 1. The summed E-state index contributed by atoms with van der Waals surface area (Å²) in [7, 11) is 3.94. The van der Waals surface area contributed by atoms with Gasteiger partial charge in [-0.3, -0.25) is 4.79 Å². The molecule has 5 rings (SSSR count). The topological polar surface area (TPSA) is 141 Å². The van der Waals surface area contributed by atoms with Gasteiger partial charge in [-0.1, -0.05) is 6.92 Å². The Bertz CT molecular complexity index is 1230. The van der Waals surface area contributed by atoms with Gasteiger partial charge < -0.3 is 38.7 Å². The Labute approximate surface area is 231 Å². The molecule has 0 unspecified atom stereocenters. The van der Waals surface area contributed by atoms with Gasteiger partial charge in [0.05, 0.1) is 43.5 Å². The number of carboxylic acid groups (broad SMARTS) is 1. The van der Waals surface area contributed by atoms with Gasteiger partial charge in [0.25, 0.3) is 0 Å². The van der Waals surface area contributed by atoms with E-state index < -0.39 is 18.2 Å². The molecule has 2 aliphatic heterocycles. The van der Waals surface area contributed by atoms with E-state index in [0.29, 0.717) is 48.6 Å². The zero-order valence-corrected chi connectivity index (χ0v) is 22.7. The Morgan fingerprint density at radius 3 is 2.42 bits per heavy atom. The second-order valence-electron chi connectivity index (χ2n) is 9.73. The molecular formula is C27H34FN5O7. The van der Waals surface area contributed by atoms with Gasteiger partial charge in [0.1, 0.15) is 25.1 Å². The van der Waals surface area contributed by atoms with Gasteiger partial charge in [0.15, 0.2) is 5.82 Å². The zero-order valence-electron chi connectivity index (χ0n) is 22.7. The molecule has 2 N–H and O–H groups in total. The summed E-state index contributed by atoms with van der Waals surface area (Å²) < 4.78 is 40.2. The molecule has 3 aromatic rings. The zero-order chi connectivity index (χ0) is 28.5. The molecule has 0 bridgehead atoms. The molecule has 0 aliphatic carbocycles. The van der Waals surface area contributed by atoms with E-state index in [1.165, 1.54) is 12.1 Å². The van der Waals surface area contributed by atoms with Crippen molar-refractivity contribution in [3.8, 4) is 28.7 Å². The number of nitrogens with one attached hydrogen (secondary N) is 1. The molecule has 4 heterocycles. The number of ether oxygens (including phenoxy) is 5. The first-order valence-electron chi connectivity index (χ1n) is 12.9. The third-order valence-corrected chi connectivity index (χ3v) is 5.94. The Hall–Kier alpha value is -3.49. The van der Waals surface area contributed by atoms with E-state index in [1.807, 2.05) is 19.0 Å². The van der Waals surface area contributed by atoms with E-state index in [1.54, 1.807) is 24.4 Å². The average molecular weight is 560 g/mol. The van der Waals surface area contributed by atoms with Crippen LogP contribution in [0.3, 0.4) is 0 Å². The van der Waals surface area contributed by atoms with Crippen molar-refractivity contribution >= 4 is 5.97 Å². The average Bonchev–Trinajstić information content (AvgIpc) is 3.40. The highest BCUT2D eigenvalue weighted by Gasteiger charge is 2.26. The number of nitrogens with zero attached hydrogens (tertiary/aromatic N) is 4. The van der Waals surface area contributed by atoms with Crippen LogP contribution in [0.25, 0.3) is 22.6 Å². The number of aromatic nitrogens is 4. The van der Waals surface area contributed by atoms with Crippen molar-refractivity contribution in [3.63, 3.8) is 0 Å². The van der Waals surface area contributed by atoms with Gasteiger partial charge in [0.2, 0.25) is 6.29 Å². The number of hydrogen-bond acceptors (Lipinski definition) is 10. The van der Waals surface area contributed by atoms with E-state index in [0.717, 1.165) is 12.1 Å². The minimum Gasteiger partial charge on any atom is -0.481 e. The lowest BCUT2D eigenvalue weighted by molar-refractivity contribution is -0.205. The van der Waals surface area contributed by atoms with E-state index in [-0.39, 0.29) is 31.8 Å². The predicted octanol–water partition coefficient (Wildman–Crippen LogP) is 2.99. The summed E-state index contributed by atoms with van der Waals surface area (Å²) in [6, 6.07) is 8.21. The number of H-pyrrole nitrogens is 1. The van der Waals surface area contributed by atoms with Crippen molar-refractivity contribution < 1.29 is 38.0 Å². The molecule has 0 amide bonds. The van der Waals surface area contributed by atoms with Crippen LogP contribution in [0, 0.1) is 17.7 Å². The third-order valence-electron chi connectivity index (χ3n) is 5.94. The molecule has 0 saturated carbocycles. The molecule has 2 aromatic heterocycles. The van der Waals surface area contributed by atoms with Gasteiger partial charge in [-0.05, 0) is 44.4 Å². The maximum Gasteiger partial charge on any atom is 0.316 e. The number of halogens is 1. The molecule has 40 heavy (non-hydrogen) atoms. The molecule has 0 atom stereocenters. The van der Waals surface area contributed by atoms with E-state index in [9.17, 15) is 9.18 Å². The molecule has 2 aliphatic rings. The smallest absolute Gasteiger partial charge is 0.316 e. The van der Waals surface area contributed by atoms with Crippen LogP contribution in [0.5, 0.6) is 6.01 Å². The number of carboxylic acids is 1. The van der Waals surface area contributed by atoms with Gasteiger partial charge in [-0.2, -0.15) is 4.98 Å². The molecule has 2 fully saturated rings. The molecule has 13 heteroatoms. The molecule has 2 saturated heterocycles. The first-order chi connectivity index (χ1) is 19.3. The van der Waals surface area contributed by atoms with Crippen LogP contribution in [-0.4, -0.2) is 96.4 Å². The van der Waals surface area contributed by atoms with Crippen molar-refractivity contribution in [2.24, 2.45) is 11.8 Å². The highest BCUT2D eigenvalue weighted by atomic mass is 19.1. The summed E-state index contributed by atoms with van der Waals surface area (Å²) in [6.45, 7) is 5.23. The van der Waals surface area contributed by atoms with Gasteiger partial charge in [-0.25, -0.2) is 14.4 Å². The van der Waals surface area contributed by atoms with Crippen molar-refractivity contribution in [1.29, 1.82) is 0 Å². The van der Waals surface area contributed by atoms with Crippen LogP contribution in [0.4, 0.5) is 4.39 Å². The fourth-order valence-corrected chi connectivity index (χ4v) is 3.76. The number of likely N-dealkylation sites (N-methyl/N-ethyl adjacent to an activating group) is 1. The second-order valence-corrected chi connectivity index (χ2v) is 9.73. The number of carbonyl (C=O) groups is 1.